The number of nitrogens with zero attached hydrogens (tertiary/aromatic N) is 2. The second-order valence-electron chi connectivity index (χ2n) is 7.04. The minimum atomic E-state index is -0.308. The molecule has 0 aromatic carbocycles. The zero-order valence-corrected chi connectivity index (χ0v) is 13.7. The Kier molecular flexibility index (Phi) is 4.52. The number of hydrogen-bond acceptors (Lipinski definition) is 5. The first kappa shape index (κ1) is 16.0. The first-order valence-electron chi connectivity index (χ1n) is 8.83. The number of ether oxygens (including phenoxy) is 2. The van der Waals surface area contributed by atoms with Gasteiger partial charge in [-0.3, -0.25) is 9.78 Å². The highest BCUT2D eigenvalue weighted by atomic mass is 16.5. The molecular weight excluding hydrogens is 308 g/mol. The Bertz CT molecular complexity index is 576. The third-order valence-electron chi connectivity index (χ3n) is 5.49. The molecule has 1 saturated heterocycles. The average Bonchev–Trinajstić information content (AvgIpc) is 2.86. The van der Waals surface area contributed by atoms with Gasteiger partial charge in [-0.05, 0) is 43.4 Å². The number of carbonyl (C=O) groups excluding carboxylic acids is 1. The normalized spacial score (nSPS) is 35.4. The largest absolute Gasteiger partial charge is 0.393 e. The lowest BCUT2D eigenvalue weighted by Gasteiger charge is -2.38. The number of fused-ring (bicyclic) bond motifs is 2. The van der Waals surface area contributed by atoms with E-state index in [2.05, 4.69) is 4.98 Å². The van der Waals surface area contributed by atoms with Crippen molar-refractivity contribution in [3.8, 4) is 0 Å². The minimum Gasteiger partial charge on any atom is -0.393 e. The molecule has 4 rings (SSSR count). The lowest BCUT2D eigenvalue weighted by atomic mass is 9.81. The Morgan fingerprint density at radius 3 is 2.88 bits per heavy atom. The number of pyridine rings is 1. The van der Waals surface area contributed by atoms with Crippen LogP contribution < -0.4 is 0 Å². The molecule has 2 saturated carbocycles. The van der Waals surface area contributed by atoms with Crippen LogP contribution in [0.4, 0.5) is 0 Å². The monoisotopic (exact) mass is 332 g/mol. The van der Waals surface area contributed by atoms with E-state index < -0.39 is 0 Å². The van der Waals surface area contributed by atoms with Crippen molar-refractivity contribution in [3.63, 3.8) is 0 Å². The second kappa shape index (κ2) is 6.78. The van der Waals surface area contributed by atoms with Crippen molar-refractivity contribution in [2.24, 2.45) is 5.92 Å². The van der Waals surface area contributed by atoms with Crippen LogP contribution in [0.1, 0.15) is 31.2 Å². The zero-order valence-electron chi connectivity index (χ0n) is 13.7. The summed E-state index contributed by atoms with van der Waals surface area (Å²) in [4.78, 5) is 18.8. The van der Waals surface area contributed by atoms with Gasteiger partial charge in [0.2, 0.25) is 5.91 Å². The molecule has 3 aliphatic rings. The van der Waals surface area contributed by atoms with Gasteiger partial charge in [0.1, 0.15) is 6.10 Å². The molecule has 1 aromatic rings. The predicted molar refractivity (Wildman–Crippen MR) is 86.0 cm³/mol. The van der Waals surface area contributed by atoms with Gasteiger partial charge in [0.15, 0.2) is 0 Å². The molecule has 3 fully saturated rings. The number of rotatable bonds is 4. The number of hydrogen-bond donors (Lipinski definition) is 1. The molecular formula is C18H24N2O4. The topological polar surface area (TPSA) is 71.9 Å². The molecule has 1 aromatic heterocycles. The molecule has 1 N–H and O–H groups in total. The molecule has 1 amide bonds. The van der Waals surface area contributed by atoms with E-state index in [1.165, 1.54) is 0 Å². The number of aliphatic hydroxyl groups excluding tert-OH is 1. The van der Waals surface area contributed by atoms with E-state index in [0.717, 1.165) is 18.4 Å². The summed E-state index contributed by atoms with van der Waals surface area (Å²) in [5.74, 6) is 0.131. The molecule has 2 aliphatic carbocycles. The average molecular weight is 332 g/mol. The standard InChI is InChI=1S/C18H24N2O4/c21-14-9-13(10-14)18(22)20-7-8-23-16-2-1-15(20)17(16)24-11-12-3-5-19-6-4-12/h3-6,13-17,21H,1-2,7-11H2/t13?,14?,15-,16-,17-/m0/s1. The van der Waals surface area contributed by atoms with Crippen molar-refractivity contribution in [3.05, 3.63) is 30.1 Å². The highest BCUT2D eigenvalue weighted by Crippen LogP contribution is 2.36. The summed E-state index contributed by atoms with van der Waals surface area (Å²) >= 11 is 0. The summed E-state index contributed by atoms with van der Waals surface area (Å²) in [5, 5.41) is 9.49. The van der Waals surface area contributed by atoms with Crippen molar-refractivity contribution in [2.75, 3.05) is 13.2 Å². The van der Waals surface area contributed by atoms with Crippen LogP contribution in [0.25, 0.3) is 0 Å². The lowest BCUT2D eigenvalue weighted by Crippen LogP contribution is -2.51. The van der Waals surface area contributed by atoms with Crippen LogP contribution in [0.3, 0.4) is 0 Å². The number of aromatic nitrogens is 1. The van der Waals surface area contributed by atoms with Crippen molar-refractivity contribution >= 4 is 5.91 Å². The van der Waals surface area contributed by atoms with Crippen LogP contribution in [0, 0.1) is 5.92 Å². The summed E-state index contributed by atoms with van der Waals surface area (Å²) < 4.78 is 12.1. The van der Waals surface area contributed by atoms with Crippen LogP contribution >= 0.6 is 0 Å². The fourth-order valence-electron chi connectivity index (χ4n) is 4.08. The number of amides is 1. The Morgan fingerprint density at radius 2 is 2.12 bits per heavy atom. The number of carbonyl (C=O) groups is 1. The fraction of sp³-hybridized carbons (Fsp3) is 0.667. The van der Waals surface area contributed by atoms with E-state index >= 15 is 0 Å². The van der Waals surface area contributed by atoms with Crippen molar-refractivity contribution < 1.29 is 19.4 Å². The molecule has 0 unspecified atom stereocenters. The Morgan fingerprint density at radius 1 is 1.33 bits per heavy atom. The van der Waals surface area contributed by atoms with Gasteiger partial charge >= 0.3 is 0 Å². The van der Waals surface area contributed by atoms with Crippen LogP contribution in [0.5, 0.6) is 0 Å². The quantitative estimate of drug-likeness (QED) is 0.895. The van der Waals surface area contributed by atoms with Crippen LogP contribution in [-0.2, 0) is 20.9 Å². The Labute approximate surface area is 141 Å². The zero-order chi connectivity index (χ0) is 16.5. The van der Waals surface area contributed by atoms with Gasteiger partial charge in [0.05, 0.1) is 31.5 Å². The van der Waals surface area contributed by atoms with Gasteiger partial charge in [-0.15, -0.1) is 0 Å². The highest BCUT2D eigenvalue weighted by molar-refractivity contribution is 5.80. The minimum absolute atomic E-state index is 0.0296. The lowest BCUT2D eigenvalue weighted by molar-refractivity contribution is -0.147. The van der Waals surface area contributed by atoms with E-state index in [0.29, 0.717) is 32.6 Å². The van der Waals surface area contributed by atoms with Crippen LogP contribution in [-0.4, -0.2) is 58.4 Å². The van der Waals surface area contributed by atoms with Gasteiger partial charge in [-0.1, -0.05) is 0 Å². The first-order valence-corrected chi connectivity index (χ1v) is 8.83. The first-order chi connectivity index (χ1) is 11.7. The van der Waals surface area contributed by atoms with Gasteiger partial charge in [-0.2, -0.15) is 0 Å². The van der Waals surface area contributed by atoms with Gasteiger partial charge in [-0.25, -0.2) is 0 Å². The smallest absolute Gasteiger partial charge is 0.226 e. The maximum absolute atomic E-state index is 12.8. The summed E-state index contributed by atoms with van der Waals surface area (Å²) in [6.45, 7) is 1.70. The molecule has 2 heterocycles. The molecule has 6 heteroatoms. The summed E-state index contributed by atoms with van der Waals surface area (Å²) in [5.41, 5.74) is 1.08. The Hall–Kier alpha value is -1.50. The van der Waals surface area contributed by atoms with Gasteiger partial charge in [0, 0.05) is 24.9 Å². The predicted octanol–water partition coefficient (Wildman–Crippen LogP) is 1.13. The molecule has 0 radical (unpaired) electrons. The highest BCUT2D eigenvalue weighted by Gasteiger charge is 2.47. The van der Waals surface area contributed by atoms with Gasteiger partial charge < -0.3 is 19.5 Å². The van der Waals surface area contributed by atoms with Crippen LogP contribution in [0.2, 0.25) is 0 Å². The van der Waals surface area contributed by atoms with Crippen LogP contribution in [0.15, 0.2) is 24.5 Å². The van der Waals surface area contributed by atoms with Crippen molar-refractivity contribution in [1.29, 1.82) is 0 Å². The van der Waals surface area contributed by atoms with E-state index in [4.69, 9.17) is 9.47 Å². The third-order valence-corrected chi connectivity index (χ3v) is 5.49. The van der Waals surface area contributed by atoms with Crippen molar-refractivity contribution in [1.82, 2.24) is 9.88 Å². The maximum Gasteiger partial charge on any atom is 0.226 e. The third kappa shape index (κ3) is 3.06. The summed E-state index contributed by atoms with van der Waals surface area (Å²) in [6.07, 6.45) is 6.25. The molecule has 0 spiro atoms. The van der Waals surface area contributed by atoms with E-state index in [1.54, 1.807) is 12.4 Å². The Balaban J connectivity index is 1.44. The second-order valence-corrected chi connectivity index (χ2v) is 7.04. The molecule has 3 atom stereocenters. The molecule has 24 heavy (non-hydrogen) atoms. The number of aliphatic hydroxyl groups is 1. The molecule has 1 aliphatic heterocycles. The van der Waals surface area contributed by atoms with Gasteiger partial charge in [0.25, 0.3) is 0 Å². The fourth-order valence-corrected chi connectivity index (χ4v) is 4.08. The van der Waals surface area contributed by atoms with Crippen molar-refractivity contribution in [2.45, 2.75) is 56.6 Å². The maximum atomic E-state index is 12.8. The summed E-state index contributed by atoms with van der Waals surface area (Å²) in [6, 6.07) is 3.97. The van der Waals surface area contributed by atoms with E-state index in [9.17, 15) is 9.90 Å². The SMILES string of the molecule is O=C(C1CC(O)C1)N1CCO[C@H]2CC[C@H]1[C@@H]2OCc1ccncc1. The molecule has 6 nitrogen and oxygen atoms in total. The van der Waals surface area contributed by atoms with E-state index in [-0.39, 0.29) is 36.2 Å². The molecule has 130 valence electrons. The van der Waals surface area contributed by atoms with E-state index in [1.807, 2.05) is 17.0 Å². The molecule has 2 bridgehead atoms. The summed E-state index contributed by atoms with van der Waals surface area (Å²) in [7, 11) is 0.